The number of likely N-dealkylation sites (tertiary alicyclic amines) is 1. The smallest absolute Gasteiger partial charge is 0.257 e. The summed E-state index contributed by atoms with van der Waals surface area (Å²) < 4.78 is 3.86. The van der Waals surface area contributed by atoms with E-state index in [-0.39, 0.29) is 5.91 Å². The van der Waals surface area contributed by atoms with Gasteiger partial charge in [-0.15, -0.1) is 0 Å². The highest BCUT2D eigenvalue weighted by atomic mass is 16.1. The van der Waals surface area contributed by atoms with E-state index >= 15 is 0 Å². The molecule has 140 valence electrons. The first-order chi connectivity index (χ1) is 13.1. The van der Waals surface area contributed by atoms with Crippen molar-refractivity contribution in [2.45, 2.75) is 18.9 Å². The van der Waals surface area contributed by atoms with Gasteiger partial charge >= 0.3 is 0 Å². The molecule has 0 saturated carbocycles. The Morgan fingerprint density at radius 2 is 1.89 bits per heavy atom. The number of aryl methyl sites for hydroxylation is 1. The molecule has 2 aromatic heterocycles. The molecule has 0 atom stereocenters. The van der Waals surface area contributed by atoms with E-state index in [1.807, 2.05) is 52.8 Å². The Kier molecular flexibility index (Phi) is 4.77. The third-order valence-electron chi connectivity index (χ3n) is 5.18. The van der Waals surface area contributed by atoms with Gasteiger partial charge in [-0.1, -0.05) is 18.2 Å². The van der Waals surface area contributed by atoms with Crippen molar-refractivity contribution in [3.63, 3.8) is 0 Å². The quantitative estimate of drug-likeness (QED) is 0.773. The molecule has 0 spiro atoms. The van der Waals surface area contributed by atoms with Gasteiger partial charge in [-0.25, -0.2) is 9.67 Å². The van der Waals surface area contributed by atoms with Gasteiger partial charge in [-0.3, -0.25) is 4.79 Å². The van der Waals surface area contributed by atoms with Crippen LogP contribution in [0.2, 0.25) is 0 Å². The number of rotatable bonds is 4. The average molecular weight is 364 g/mol. The molecule has 0 bridgehead atoms. The third-order valence-corrected chi connectivity index (χ3v) is 5.18. The first kappa shape index (κ1) is 17.5. The summed E-state index contributed by atoms with van der Waals surface area (Å²) in [5, 5.41) is 7.51. The summed E-state index contributed by atoms with van der Waals surface area (Å²) in [4.78, 5) is 19.7. The number of benzene rings is 1. The lowest BCUT2D eigenvalue weighted by Gasteiger charge is -2.30. The minimum atomic E-state index is -0.150. The highest BCUT2D eigenvalue weighted by molar-refractivity contribution is 6.08. The molecule has 3 aromatic rings. The number of carbonyl (C=O) groups is 1. The largest absolute Gasteiger partial charge is 0.334 e. The molecule has 4 rings (SSSR count). The predicted octanol–water partition coefficient (Wildman–Crippen LogP) is 2.80. The zero-order chi connectivity index (χ0) is 18.8. The highest BCUT2D eigenvalue weighted by Crippen LogP contribution is 2.26. The lowest BCUT2D eigenvalue weighted by atomic mass is 10.1. The number of anilines is 1. The van der Waals surface area contributed by atoms with Gasteiger partial charge in [-0.2, -0.15) is 5.10 Å². The standard InChI is InChI=1S/C20H24N6O/c1-24-12-8-15(9-13-24)26-18(7-10-22-26)23-20(27)17-6-4-3-5-16(17)19-21-11-14-25(19)2/h3-7,10-11,14-15H,8-9,12-13H2,1-2H3,(H,23,27). The minimum Gasteiger partial charge on any atom is -0.334 e. The number of aromatic nitrogens is 4. The molecule has 1 amide bonds. The zero-order valence-electron chi connectivity index (χ0n) is 15.7. The van der Waals surface area contributed by atoms with E-state index in [0.717, 1.165) is 43.1 Å². The maximum absolute atomic E-state index is 13.0. The fourth-order valence-electron chi connectivity index (χ4n) is 3.63. The highest BCUT2D eigenvalue weighted by Gasteiger charge is 2.22. The van der Waals surface area contributed by atoms with Gasteiger partial charge in [-0.05, 0) is 39.0 Å². The average Bonchev–Trinajstić information content (AvgIpc) is 3.31. The van der Waals surface area contributed by atoms with E-state index in [1.165, 1.54) is 0 Å². The summed E-state index contributed by atoms with van der Waals surface area (Å²) in [6.07, 6.45) is 7.42. The Morgan fingerprint density at radius 3 is 2.63 bits per heavy atom. The van der Waals surface area contributed by atoms with E-state index in [9.17, 15) is 4.79 Å². The number of hydrogen-bond donors (Lipinski definition) is 1. The molecule has 1 saturated heterocycles. The Balaban J connectivity index is 1.58. The van der Waals surface area contributed by atoms with Crippen LogP contribution < -0.4 is 5.32 Å². The van der Waals surface area contributed by atoms with Crippen molar-refractivity contribution in [3.8, 4) is 11.4 Å². The number of imidazole rings is 1. The van der Waals surface area contributed by atoms with Crippen molar-refractivity contribution >= 4 is 11.7 Å². The van der Waals surface area contributed by atoms with Crippen molar-refractivity contribution in [2.75, 3.05) is 25.5 Å². The maximum atomic E-state index is 13.0. The van der Waals surface area contributed by atoms with Crippen LogP contribution in [0.4, 0.5) is 5.82 Å². The molecule has 1 N–H and O–H groups in total. The molecule has 7 heteroatoms. The van der Waals surface area contributed by atoms with Crippen molar-refractivity contribution < 1.29 is 4.79 Å². The fourth-order valence-corrected chi connectivity index (χ4v) is 3.63. The lowest BCUT2D eigenvalue weighted by molar-refractivity contribution is 0.102. The zero-order valence-corrected chi connectivity index (χ0v) is 15.7. The Bertz CT molecular complexity index is 935. The van der Waals surface area contributed by atoms with Crippen LogP contribution in [0.1, 0.15) is 29.2 Å². The Morgan fingerprint density at radius 1 is 1.11 bits per heavy atom. The van der Waals surface area contributed by atoms with Crippen LogP contribution >= 0.6 is 0 Å². The van der Waals surface area contributed by atoms with Crippen LogP contribution in [0.25, 0.3) is 11.4 Å². The molecule has 0 unspecified atom stereocenters. The van der Waals surface area contributed by atoms with Gasteiger partial charge in [0.1, 0.15) is 11.6 Å². The maximum Gasteiger partial charge on any atom is 0.257 e. The van der Waals surface area contributed by atoms with Crippen LogP contribution in [0.5, 0.6) is 0 Å². The number of nitrogens with zero attached hydrogens (tertiary/aromatic N) is 5. The normalized spacial score (nSPS) is 15.8. The minimum absolute atomic E-state index is 0.150. The molecule has 7 nitrogen and oxygen atoms in total. The molecule has 1 aliphatic rings. The summed E-state index contributed by atoms with van der Waals surface area (Å²) >= 11 is 0. The fraction of sp³-hybridized carbons (Fsp3) is 0.350. The predicted molar refractivity (Wildman–Crippen MR) is 105 cm³/mol. The van der Waals surface area contributed by atoms with Gasteiger partial charge < -0.3 is 14.8 Å². The van der Waals surface area contributed by atoms with E-state index in [0.29, 0.717) is 11.6 Å². The van der Waals surface area contributed by atoms with Crippen molar-refractivity contribution in [3.05, 3.63) is 54.5 Å². The summed E-state index contributed by atoms with van der Waals surface area (Å²) in [7, 11) is 4.06. The van der Waals surface area contributed by atoms with Crippen molar-refractivity contribution in [2.24, 2.45) is 7.05 Å². The number of piperidine rings is 1. The Hall–Kier alpha value is -2.93. The van der Waals surface area contributed by atoms with E-state index in [2.05, 4.69) is 27.3 Å². The second kappa shape index (κ2) is 7.36. The van der Waals surface area contributed by atoms with Gasteiger partial charge in [0.2, 0.25) is 0 Å². The molecule has 1 fully saturated rings. The van der Waals surface area contributed by atoms with Crippen LogP contribution in [0, 0.1) is 0 Å². The summed E-state index contributed by atoms with van der Waals surface area (Å²) in [6.45, 7) is 2.08. The lowest BCUT2D eigenvalue weighted by Crippen LogP contribution is -2.32. The summed E-state index contributed by atoms with van der Waals surface area (Å²) in [5.74, 6) is 1.36. The summed E-state index contributed by atoms with van der Waals surface area (Å²) in [6, 6.07) is 9.72. The van der Waals surface area contributed by atoms with E-state index in [4.69, 9.17) is 0 Å². The second-order valence-corrected chi connectivity index (χ2v) is 7.06. The molecule has 0 aliphatic carbocycles. The van der Waals surface area contributed by atoms with Gasteiger partial charge in [0.15, 0.2) is 0 Å². The van der Waals surface area contributed by atoms with Crippen LogP contribution in [-0.2, 0) is 7.05 Å². The second-order valence-electron chi connectivity index (χ2n) is 7.06. The first-order valence-electron chi connectivity index (χ1n) is 9.23. The van der Waals surface area contributed by atoms with Gasteiger partial charge in [0, 0.05) is 31.1 Å². The molecule has 1 aliphatic heterocycles. The molecule has 1 aromatic carbocycles. The monoisotopic (exact) mass is 364 g/mol. The summed E-state index contributed by atoms with van der Waals surface area (Å²) in [5.41, 5.74) is 1.41. The SMILES string of the molecule is CN1CCC(n2nccc2NC(=O)c2ccccc2-c2nccn2C)CC1. The van der Waals surface area contributed by atoms with Gasteiger partial charge in [0.05, 0.1) is 17.8 Å². The number of carbonyl (C=O) groups excluding carboxylic acids is 1. The van der Waals surface area contributed by atoms with Crippen LogP contribution in [0.15, 0.2) is 48.9 Å². The molecular formula is C20H24N6O. The van der Waals surface area contributed by atoms with Crippen molar-refractivity contribution in [1.82, 2.24) is 24.2 Å². The first-order valence-corrected chi connectivity index (χ1v) is 9.23. The molecule has 3 heterocycles. The Labute approximate surface area is 158 Å². The van der Waals surface area contributed by atoms with E-state index in [1.54, 1.807) is 12.4 Å². The third kappa shape index (κ3) is 3.50. The van der Waals surface area contributed by atoms with Gasteiger partial charge in [0.25, 0.3) is 5.91 Å². The molecule has 0 radical (unpaired) electrons. The van der Waals surface area contributed by atoms with Crippen LogP contribution in [-0.4, -0.2) is 50.3 Å². The number of nitrogens with one attached hydrogen (secondary N) is 1. The van der Waals surface area contributed by atoms with Crippen molar-refractivity contribution in [1.29, 1.82) is 0 Å². The topological polar surface area (TPSA) is 68.0 Å². The van der Waals surface area contributed by atoms with E-state index < -0.39 is 0 Å². The number of amides is 1. The molecule has 27 heavy (non-hydrogen) atoms. The van der Waals surface area contributed by atoms with Crippen LogP contribution in [0.3, 0.4) is 0 Å². The number of hydrogen-bond acceptors (Lipinski definition) is 4. The molecular weight excluding hydrogens is 340 g/mol.